The molecule has 0 saturated carbocycles. The maximum Gasteiger partial charge on any atom is 0.254 e. The SMILES string of the molecule is COc1cccc(-c2nc3ccc(C(=O)N4CCCN(C=O)CC4)cc3o2)c1. The Labute approximate surface area is 162 Å². The van der Waals surface area contributed by atoms with E-state index in [1.54, 1.807) is 35.1 Å². The normalized spacial score (nSPS) is 14.8. The summed E-state index contributed by atoms with van der Waals surface area (Å²) in [5, 5.41) is 0. The molecule has 1 aliphatic heterocycles. The average molecular weight is 379 g/mol. The lowest BCUT2D eigenvalue weighted by molar-refractivity contribution is -0.118. The molecule has 144 valence electrons. The third-order valence-electron chi connectivity index (χ3n) is 4.92. The van der Waals surface area contributed by atoms with Crippen LogP contribution < -0.4 is 4.74 Å². The van der Waals surface area contributed by atoms with Crippen LogP contribution in [0.4, 0.5) is 0 Å². The largest absolute Gasteiger partial charge is 0.497 e. The predicted molar refractivity (Wildman–Crippen MR) is 104 cm³/mol. The van der Waals surface area contributed by atoms with E-state index in [9.17, 15) is 9.59 Å². The van der Waals surface area contributed by atoms with Crippen LogP contribution >= 0.6 is 0 Å². The molecular formula is C21H21N3O4. The molecule has 0 aliphatic carbocycles. The third-order valence-corrected chi connectivity index (χ3v) is 4.92. The van der Waals surface area contributed by atoms with Crippen molar-refractivity contribution in [1.82, 2.24) is 14.8 Å². The second kappa shape index (κ2) is 7.72. The second-order valence-electron chi connectivity index (χ2n) is 6.72. The molecule has 28 heavy (non-hydrogen) atoms. The van der Waals surface area contributed by atoms with Crippen LogP contribution in [0.5, 0.6) is 5.75 Å². The van der Waals surface area contributed by atoms with Crippen LogP contribution in [0.2, 0.25) is 0 Å². The number of hydrogen-bond donors (Lipinski definition) is 0. The minimum atomic E-state index is -0.0611. The van der Waals surface area contributed by atoms with E-state index in [0.717, 1.165) is 24.1 Å². The summed E-state index contributed by atoms with van der Waals surface area (Å²) in [6.07, 6.45) is 1.61. The van der Waals surface area contributed by atoms with Crippen LogP contribution in [0.25, 0.3) is 22.6 Å². The molecule has 1 saturated heterocycles. The Hall–Kier alpha value is -3.35. The van der Waals surface area contributed by atoms with E-state index in [2.05, 4.69) is 4.98 Å². The van der Waals surface area contributed by atoms with Gasteiger partial charge >= 0.3 is 0 Å². The summed E-state index contributed by atoms with van der Waals surface area (Å²) >= 11 is 0. The van der Waals surface area contributed by atoms with E-state index in [1.165, 1.54) is 0 Å². The van der Waals surface area contributed by atoms with Gasteiger partial charge in [0.05, 0.1) is 7.11 Å². The molecule has 0 atom stereocenters. The van der Waals surface area contributed by atoms with Gasteiger partial charge in [0.15, 0.2) is 5.58 Å². The Morgan fingerprint density at radius 3 is 2.86 bits per heavy atom. The summed E-state index contributed by atoms with van der Waals surface area (Å²) in [5.74, 6) is 1.14. The molecule has 2 amide bonds. The van der Waals surface area contributed by atoms with Gasteiger partial charge in [-0.15, -0.1) is 0 Å². The number of carbonyl (C=O) groups is 2. The van der Waals surface area contributed by atoms with Crippen LogP contribution in [-0.2, 0) is 4.79 Å². The number of methoxy groups -OCH3 is 1. The number of carbonyl (C=O) groups excluding carboxylic acids is 2. The van der Waals surface area contributed by atoms with Crippen molar-refractivity contribution >= 4 is 23.4 Å². The van der Waals surface area contributed by atoms with Gasteiger partial charge < -0.3 is 19.0 Å². The minimum Gasteiger partial charge on any atom is -0.497 e. The molecule has 2 heterocycles. The Balaban J connectivity index is 1.59. The van der Waals surface area contributed by atoms with E-state index in [-0.39, 0.29) is 5.91 Å². The summed E-state index contributed by atoms with van der Waals surface area (Å²) in [6, 6.07) is 12.8. The van der Waals surface area contributed by atoms with Crippen molar-refractivity contribution in [3.05, 3.63) is 48.0 Å². The summed E-state index contributed by atoms with van der Waals surface area (Å²) in [5.41, 5.74) is 2.62. The molecule has 3 aromatic rings. The Morgan fingerprint density at radius 1 is 1.14 bits per heavy atom. The van der Waals surface area contributed by atoms with Crippen molar-refractivity contribution in [3.63, 3.8) is 0 Å². The van der Waals surface area contributed by atoms with Gasteiger partial charge in [-0.3, -0.25) is 9.59 Å². The third kappa shape index (κ3) is 3.55. The lowest BCUT2D eigenvalue weighted by atomic mass is 10.1. The second-order valence-corrected chi connectivity index (χ2v) is 6.72. The van der Waals surface area contributed by atoms with Crippen molar-refractivity contribution < 1.29 is 18.7 Å². The first-order valence-electron chi connectivity index (χ1n) is 9.21. The minimum absolute atomic E-state index is 0.0611. The zero-order valence-electron chi connectivity index (χ0n) is 15.6. The number of fused-ring (bicyclic) bond motifs is 1. The molecule has 1 aliphatic rings. The molecule has 0 N–H and O–H groups in total. The number of benzene rings is 2. The van der Waals surface area contributed by atoms with E-state index in [4.69, 9.17) is 9.15 Å². The van der Waals surface area contributed by atoms with Crippen LogP contribution in [0.3, 0.4) is 0 Å². The Bertz CT molecular complexity index is 1010. The van der Waals surface area contributed by atoms with Crippen LogP contribution in [0, 0.1) is 0 Å². The standard InChI is InChI=1S/C21H21N3O4/c1-27-17-5-2-4-15(12-17)20-22-18-7-6-16(13-19(18)28-20)21(26)24-9-3-8-23(14-25)10-11-24/h2,4-7,12-14H,3,8-11H2,1H3. The highest BCUT2D eigenvalue weighted by molar-refractivity contribution is 5.97. The van der Waals surface area contributed by atoms with Gasteiger partial charge in [-0.25, -0.2) is 4.98 Å². The van der Waals surface area contributed by atoms with Crippen molar-refractivity contribution in [3.8, 4) is 17.2 Å². The number of aromatic nitrogens is 1. The molecule has 7 nitrogen and oxygen atoms in total. The monoisotopic (exact) mass is 379 g/mol. The molecule has 0 spiro atoms. The van der Waals surface area contributed by atoms with Crippen LogP contribution in [0.15, 0.2) is 46.9 Å². The van der Waals surface area contributed by atoms with Gasteiger partial charge in [0, 0.05) is 37.3 Å². The summed E-state index contributed by atoms with van der Waals surface area (Å²) in [7, 11) is 1.61. The van der Waals surface area contributed by atoms with E-state index >= 15 is 0 Å². The molecular weight excluding hydrogens is 358 g/mol. The lowest BCUT2D eigenvalue weighted by Crippen LogP contribution is -2.34. The zero-order valence-corrected chi connectivity index (χ0v) is 15.6. The number of oxazole rings is 1. The molecule has 0 radical (unpaired) electrons. The van der Waals surface area contributed by atoms with Crippen molar-refractivity contribution in [2.45, 2.75) is 6.42 Å². The van der Waals surface area contributed by atoms with Gasteiger partial charge in [0.1, 0.15) is 11.3 Å². The quantitative estimate of drug-likeness (QED) is 0.652. The summed E-state index contributed by atoms with van der Waals surface area (Å²) in [4.78, 5) is 31.9. The summed E-state index contributed by atoms with van der Waals surface area (Å²) in [6.45, 7) is 2.39. The number of ether oxygens (including phenoxy) is 1. The van der Waals surface area contributed by atoms with Crippen LogP contribution in [-0.4, -0.2) is 60.4 Å². The number of nitrogens with zero attached hydrogens (tertiary/aromatic N) is 3. The predicted octanol–water partition coefficient (Wildman–Crippen LogP) is 2.81. The first kappa shape index (κ1) is 18.0. The number of hydrogen-bond acceptors (Lipinski definition) is 5. The van der Waals surface area contributed by atoms with Crippen LogP contribution in [0.1, 0.15) is 16.8 Å². The zero-order chi connectivity index (χ0) is 19.5. The maximum absolute atomic E-state index is 12.9. The highest BCUT2D eigenvalue weighted by Crippen LogP contribution is 2.27. The molecule has 4 rings (SSSR count). The van der Waals surface area contributed by atoms with E-state index in [0.29, 0.717) is 48.7 Å². The number of amides is 2. The lowest BCUT2D eigenvalue weighted by Gasteiger charge is -2.20. The highest BCUT2D eigenvalue weighted by Gasteiger charge is 2.21. The number of rotatable bonds is 4. The molecule has 2 aromatic carbocycles. The molecule has 7 heteroatoms. The fourth-order valence-corrected chi connectivity index (χ4v) is 3.37. The first-order valence-corrected chi connectivity index (χ1v) is 9.21. The van der Waals surface area contributed by atoms with Gasteiger partial charge in [0.25, 0.3) is 5.91 Å². The Kier molecular flexibility index (Phi) is 4.97. The fraction of sp³-hybridized carbons (Fsp3) is 0.286. The van der Waals surface area contributed by atoms with E-state index < -0.39 is 0 Å². The molecule has 0 unspecified atom stereocenters. The van der Waals surface area contributed by atoms with Gasteiger partial charge in [0.2, 0.25) is 12.3 Å². The van der Waals surface area contributed by atoms with Gasteiger partial charge in [-0.2, -0.15) is 0 Å². The van der Waals surface area contributed by atoms with E-state index in [1.807, 2.05) is 24.3 Å². The van der Waals surface area contributed by atoms with Crippen molar-refractivity contribution in [2.75, 3.05) is 33.3 Å². The summed E-state index contributed by atoms with van der Waals surface area (Å²) < 4.78 is 11.1. The van der Waals surface area contributed by atoms with Crippen molar-refractivity contribution in [1.29, 1.82) is 0 Å². The topological polar surface area (TPSA) is 75.9 Å². The molecule has 0 bridgehead atoms. The first-order chi connectivity index (χ1) is 13.7. The molecule has 1 fully saturated rings. The Morgan fingerprint density at radius 2 is 2.04 bits per heavy atom. The fourth-order valence-electron chi connectivity index (χ4n) is 3.37. The maximum atomic E-state index is 12.9. The van der Waals surface area contributed by atoms with Gasteiger partial charge in [-0.05, 0) is 42.8 Å². The van der Waals surface area contributed by atoms with Gasteiger partial charge in [-0.1, -0.05) is 6.07 Å². The highest BCUT2D eigenvalue weighted by atomic mass is 16.5. The molecule has 1 aromatic heterocycles. The smallest absolute Gasteiger partial charge is 0.254 e. The average Bonchev–Trinajstić information content (AvgIpc) is 3.02. The van der Waals surface area contributed by atoms with Crippen molar-refractivity contribution in [2.24, 2.45) is 0 Å².